The molecule has 0 radical (unpaired) electrons. The van der Waals surface area contributed by atoms with Crippen molar-refractivity contribution < 1.29 is 113 Å². The molecule has 2 aromatic rings. The van der Waals surface area contributed by atoms with Crippen LogP contribution in [-0.2, 0) is 0 Å². The van der Waals surface area contributed by atoms with E-state index in [0.29, 0.717) is 0 Å². The molecule has 0 aromatic heterocycles. The fourth-order valence-electron chi connectivity index (χ4n) is 1.51. The normalized spacial score (nSPS) is 8.86. The second-order valence-corrected chi connectivity index (χ2v) is 3.82. The quantitative estimate of drug-likeness (QED) is 0.672. The van der Waals surface area contributed by atoms with Crippen molar-refractivity contribution >= 4 is 12.2 Å². The van der Waals surface area contributed by atoms with Crippen LogP contribution in [0.4, 0.5) is 0 Å². The molecule has 2 aromatic carbocycles. The smallest absolute Gasteiger partial charge is 0 e. The second-order valence-electron chi connectivity index (χ2n) is 3.82. The molecule has 0 atom stereocenters. The third kappa shape index (κ3) is 15.0. The van der Waals surface area contributed by atoms with Crippen molar-refractivity contribution in [3.8, 4) is 0 Å². The SMILES string of the molecule is C/C=C/c1ccccc1.C/C=C/c1ccccc1.[Ar].[Ar].[Ar]. The van der Waals surface area contributed by atoms with Crippen LogP contribution in [0.5, 0.6) is 0 Å². The van der Waals surface area contributed by atoms with E-state index < -0.39 is 0 Å². The van der Waals surface area contributed by atoms with Crippen molar-refractivity contribution in [1.29, 1.82) is 0 Å². The number of rotatable bonds is 2. The average molecular weight is 356 g/mol. The topological polar surface area (TPSA) is 0 Å². The molecule has 21 heavy (non-hydrogen) atoms. The van der Waals surface area contributed by atoms with Gasteiger partial charge in [0.15, 0.2) is 0 Å². The third-order valence-corrected chi connectivity index (χ3v) is 2.32. The summed E-state index contributed by atoms with van der Waals surface area (Å²) in [6.07, 6.45) is 8.24. The van der Waals surface area contributed by atoms with Gasteiger partial charge < -0.3 is 0 Å². The number of hydrogen-bond acceptors (Lipinski definition) is 0. The maximum atomic E-state index is 2.08. The predicted octanol–water partition coefficient (Wildman–Crippen LogP) is 5.44. The molecule has 0 saturated carbocycles. The van der Waals surface area contributed by atoms with Gasteiger partial charge in [-0.2, -0.15) is 0 Å². The van der Waals surface area contributed by atoms with Gasteiger partial charge in [-0.1, -0.05) is 85.0 Å². The van der Waals surface area contributed by atoms with Gasteiger partial charge >= 0.3 is 0 Å². The van der Waals surface area contributed by atoms with Gasteiger partial charge in [-0.05, 0) is 25.0 Å². The van der Waals surface area contributed by atoms with Gasteiger partial charge in [-0.15, -0.1) is 0 Å². The number of allylic oxidation sites excluding steroid dienone is 2. The maximum Gasteiger partial charge on any atom is 0 e. The first kappa shape index (κ1) is 27.5. The Morgan fingerprint density at radius 1 is 0.524 bits per heavy atom. The Hall–Kier alpha value is 1.70. The summed E-state index contributed by atoms with van der Waals surface area (Å²) in [7, 11) is 0. The minimum Gasteiger partial charge on any atom is -0.0871 e. The summed E-state index contributed by atoms with van der Waals surface area (Å²) in [5.41, 5.74) is 2.53. The average Bonchev–Trinajstić information content (AvgIpc) is 2.43. The van der Waals surface area contributed by atoms with Crippen LogP contribution in [0.15, 0.2) is 72.8 Å². The number of benzene rings is 2. The molecule has 0 aliphatic rings. The van der Waals surface area contributed by atoms with Crippen LogP contribution in [0.3, 0.4) is 0 Å². The Kier molecular flexibility index (Phi) is 25.9. The van der Waals surface area contributed by atoms with Gasteiger partial charge in [0.2, 0.25) is 0 Å². The fourth-order valence-corrected chi connectivity index (χ4v) is 1.51. The van der Waals surface area contributed by atoms with E-state index >= 15 is 0 Å². The molecule has 0 bridgehead atoms. The van der Waals surface area contributed by atoms with Gasteiger partial charge in [-0.25, -0.2) is 0 Å². The van der Waals surface area contributed by atoms with Crippen LogP contribution in [0.25, 0.3) is 12.2 Å². The Balaban J connectivity index is -0.000000270. The molecule has 0 heterocycles. The van der Waals surface area contributed by atoms with Crippen LogP contribution in [0, 0.1) is 113 Å². The summed E-state index contributed by atoms with van der Waals surface area (Å²) in [6, 6.07) is 20.5. The van der Waals surface area contributed by atoms with Gasteiger partial charge in [0.25, 0.3) is 0 Å². The monoisotopic (exact) mass is 356 g/mol. The van der Waals surface area contributed by atoms with E-state index in [2.05, 4.69) is 36.4 Å². The molecule has 0 aliphatic heterocycles. The maximum absolute atomic E-state index is 2.08. The molecule has 0 amide bonds. The van der Waals surface area contributed by atoms with E-state index in [1.54, 1.807) is 0 Å². The molecule has 116 valence electrons. The zero-order valence-electron chi connectivity index (χ0n) is 12.1. The van der Waals surface area contributed by atoms with E-state index in [-0.39, 0.29) is 113 Å². The molecule has 0 saturated heterocycles. The summed E-state index contributed by atoms with van der Waals surface area (Å²) in [5, 5.41) is 0. The molecule has 0 aliphatic carbocycles. The summed E-state index contributed by atoms with van der Waals surface area (Å²) in [4.78, 5) is 0. The van der Waals surface area contributed by atoms with Crippen LogP contribution in [-0.4, -0.2) is 0 Å². The Morgan fingerprint density at radius 3 is 1.05 bits per heavy atom. The Labute approximate surface area is 219 Å². The van der Waals surface area contributed by atoms with Crippen molar-refractivity contribution in [3.63, 3.8) is 0 Å². The van der Waals surface area contributed by atoms with E-state index in [9.17, 15) is 0 Å². The molecular formula is C18H20Ar3. The Bertz CT molecular complexity index is 429. The molecular weight excluding hydrogens is 336 g/mol. The van der Waals surface area contributed by atoms with Crippen molar-refractivity contribution in [3.05, 3.63) is 83.9 Å². The zero-order chi connectivity index (χ0) is 13.1. The van der Waals surface area contributed by atoms with Gasteiger partial charge in [0.05, 0.1) is 0 Å². The second kappa shape index (κ2) is 19.7. The molecule has 0 spiro atoms. The van der Waals surface area contributed by atoms with Crippen LogP contribution >= 0.6 is 0 Å². The third-order valence-electron chi connectivity index (χ3n) is 2.32. The minimum atomic E-state index is 0. The van der Waals surface area contributed by atoms with Gasteiger partial charge in [0.1, 0.15) is 0 Å². The number of hydrogen-bond donors (Lipinski definition) is 0. The van der Waals surface area contributed by atoms with Crippen molar-refractivity contribution in [2.45, 2.75) is 13.8 Å². The van der Waals surface area contributed by atoms with Crippen molar-refractivity contribution in [2.24, 2.45) is 0 Å². The van der Waals surface area contributed by atoms with Crippen molar-refractivity contribution in [2.75, 3.05) is 0 Å². The minimum absolute atomic E-state index is 0. The van der Waals surface area contributed by atoms with Crippen molar-refractivity contribution in [1.82, 2.24) is 0 Å². The van der Waals surface area contributed by atoms with Crippen LogP contribution in [0.1, 0.15) is 25.0 Å². The summed E-state index contributed by atoms with van der Waals surface area (Å²) in [6.45, 7) is 4.04. The van der Waals surface area contributed by atoms with E-state index in [1.807, 2.05) is 62.4 Å². The molecule has 3 heteroatoms. The van der Waals surface area contributed by atoms with E-state index in [4.69, 9.17) is 0 Å². The molecule has 0 fully saturated rings. The molecule has 0 nitrogen and oxygen atoms in total. The molecule has 0 unspecified atom stereocenters. The van der Waals surface area contributed by atoms with E-state index in [0.717, 1.165) is 0 Å². The summed E-state index contributed by atoms with van der Waals surface area (Å²) >= 11 is 0. The zero-order valence-corrected chi connectivity index (χ0v) is 14.3. The van der Waals surface area contributed by atoms with E-state index in [1.165, 1.54) is 11.1 Å². The molecule has 2 rings (SSSR count). The van der Waals surface area contributed by atoms with Gasteiger partial charge in [-0.3, -0.25) is 0 Å². The Morgan fingerprint density at radius 2 is 0.810 bits per heavy atom. The van der Waals surface area contributed by atoms with Crippen LogP contribution < -0.4 is 0 Å². The fraction of sp³-hybridized carbons (Fsp3) is 0.111. The first-order valence-corrected chi connectivity index (χ1v) is 6.22. The summed E-state index contributed by atoms with van der Waals surface area (Å²) in [5.74, 6) is 0. The van der Waals surface area contributed by atoms with Crippen LogP contribution in [0.2, 0.25) is 0 Å². The molecule has 0 N–H and O–H groups in total. The summed E-state index contributed by atoms with van der Waals surface area (Å²) < 4.78 is 0. The predicted molar refractivity (Wildman–Crippen MR) is 82.3 cm³/mol. The first-order chi connectivity index (χ1) is 8.86. The standard InChI is InChI=1S/2C9H10.3Ar/c2*1-2-6-9-7-4-3-5-8-9;;;/h2*2-8H,1H3;;;/b2*6-2+;;;. The van der Waals surface area contributed by atoms with Gasteiger partial charge in [0, 0.05) is 113 Å². The first-order valence-electron chi connectivity index (χ1n) is 6.22. The largest absolute Gasteiger partial charge is 0.0871 e.